The molecule has 0 saturated carbocycles. The summed E-state index contributed by atoms with van der Waals surface area (Å²) in [5.74, 6) is 1.97. The Kier molecular flexibility index (Phi) is 6.55. The third kappa shape index (κ3) is 4.90. The van der Waals surface area contributed by atoms with Gasteiger partial charge in [-0.1, -0.05) is 24.3 Å². The summed E-state index contributed by atoms with van der Waals surface area (Å²) < 4.78 is 11.5. The van der Waals surface area contributed by atoms with Crippen molar-refractivity contribution < 1.29 is 14.3 Å². The molecule has 2 heterocycles. The number of piperidine rings is 1. The summed E-state index contributed by atoms with van der Waals surface area (Å²) in [4.78, 5) is 19.8. The van der Waals surface area contributed by atoms with Crippen LogP contribution in [0.3, 0.4) is 0 Å². The average molecular weight is 420 g/mol. The van der Waals surface area contributed by atoms with E-state index in [-0.39, 0.29) is 12.5 Å². The van der Waals surface area contributed by atoms with Crippen molar-refractivity contribution in [2.45, 2.75) is 39.2 Å². The summed E-state index contributed by atoms with van der Waals surface area (Å²) >= 11 is 0. The van der Waals surface area contributed by atoms with Gasteiger partial charge < -0.3 is 19.7 Å². The molecule has 1 atom stereocenters. The molecule has 1 aliphatic heterocycles. The lowest BCUT2D eigenvalue weighted by atomic mass is 10.0. The average Bonchev–Trinajstić information content (AvgIpc) is 2.79. The van der Waals surface area contributed by atoms with Crippen LogP contribution >= 0.6 is 0 Å². The molecule has 1 unspecified atom stereocenters. The molecule has 0 radical (unpaired) electrons. The maximum Gasteiger partial charge on any atom is 0.262 e. The van der Waals surface area contributed by atoms with E-state index < -0.39 is 0 Å². The number of rotatable bonds is 7. The largest absolute Gasteiger partial charge is 0.492 e. The maximum atomic E-state index is 12.5. The molecule has 0 bridgehead atoms. The first-order valence-corrected chi connectivity index (χ1v) is 11.0. The first kappa shape index (κ1) is 21.0. The molecule has 1 aromatic heterocycles. The minimum absolute atomic E-state index is 0.106. The minimum atomic E-state index is -0.245. The van der Waals surface area contributed by atoms with Gasteiger partial charge >= 0.3 is 0 Å². The quantitative estimate of drug-likeness (QED) is 0.582. The van der Waals surface area contributed by atoms with Crippen LogP contribution in [0.15, 0.2) is 54.6 Å². The van der Waals surface area contributed by atoms with Gasteiger partial charge in [0.25, 0.3) is 5.91 Å². The van der Waals surface area contributed by atoms with Crippen molar-refractivity contribution in [3.05, 3.63) is 54.6 Å². The molecular formula is C25H29N3O3. The van der Waals surface area contributed by atoms with Gasteiger partial charge in [0.15, 0.2) is 6.61 Å². The number of carbonyl (C=O) groups is 1. The Morgan fingerprint density at radius 3 is 2.74 bits per heavy atom. The van der Waals surface area contributed by atoms with Gasteiger partial charge in [0.2, 0.25) is 0 Å². The van der Waals surface area contributed by atoms with Crippen molar-refractivity contribution >= 4 is 28.3 Å². The number of nitrogens with zero attached hydrogens (tertiary/aromatic N) is 2. The lowest BCUT2D eigenvalue weighted by Gasteiger charge is -2.34. The Labute approximate surface area is 183 Å². The molecule has 0 spiro atoms. The zero-order chi connectivity index (χ0) is 21.6. The number of hydrogen-bond acceptors (Lipinski definition) is 5. The van der Waals surface area contributed by atoms with Gasteiger partial charge in [-0.2, -0.15) is 0 Å². The number of nitrogens with one attached hydrogen (secondary N) is 1. The SMILES string of the molecule is CCOc1ccccc1NC(=O)COc1cccc2ccc(N3CCCCC3C)nc12. The van der Waals surface area contributed by atoms with Crippen molar-refractivity contribution in [1.82, 2.24) is 4.98 Å². The van der Waals surface area contributed by atoms with E-state index in [9.17, 15) is 4.79 Å². The molecule has 6 nitrogen and oxygen atoms in total. The van der Waals surface area contributed by atoms with E-state index in [1.54, 1.807) is 0 Å². The van der Waals surface area contributed by atoms with E-state index in [2.05, 4.69) is 29.3 Å². The molecule has 1 aliphatic rings. The molecule has 1 N–H and O–H groups in total. The number of amides is 1. The highest BCUT2D eigenvalue weighted by atomic mass is 16.5. The summed E-state index contributed by atoms with van der Waals surface area (Å²) in [6, 6.07) is 17.8. The highest BCUT2D eigenvalue weighted by Crippen LogP contribution is 2.29. The van der Waals surface area contributed by atoms with E-state index in [1.807, 2.05) is 49.4 Å². The van der Waals surface area contributed by atoms with Crippen LogP contribution in [-0.4, -0.2) is 36.7 Å². The lowest BCUT2D eigenvalue weighted by Crippen LogP contribution is -2.37. The van der Waals surface area contributed by atoms with Crippen molar-refractivity contribution in [2.75, 3.05) is 30.0 Å². The highest BCUT2D eigenvalue weighted by Gasteiger charge is 2.20. The van der Waals surface area contributed by atoms with Gasteiger partial charge in [-0.15, -0.1) is 0 Å². The van der Waals surface area contributed by atoms with Gasteiger partial charge in [0.05, 0.1) is 12.3 Å². The predicted octanol–water partition coefficient (Wildman–Crippen LogP) is 5.03. The monoisotopic (exact) mass is 419 g/mol. The van der Waals surface area contributed by atoms with Crippen LogP contribution in [0, 0.1) is 0 Å². The van der Waals surface area contributed by atoms with Crippen molar-refractivity contribution in [2.24, 2.45) is 0 Å². The molecule has 1 fully saturated rings. The van der Waals surface area contributed by atoms with Gasteiger partial charge in [0.1, 0.15) is 22.8 Å². The highest BCUT2D eigenvalue weighted by molar-refractivity contribution is 5.94. The third-order valence-electron chi connectivity index (χ3n) is 5.59. The van der Waals surface area contributed by atoms with Crippen LogP contribution in [0.25, 0.3) is 10.9 Å². The Balaban J connectivity index is 1.49. The molecule has 162 valence electrons. The second-order valence-corrected chi connectivity index (χ2v) is 7.80. The molecule has 0 aliphatic carbocycles. The van der Waals surface area contributed by atoms with Gasteiger partial charge in [-0.05, 0) is 63.4 Å². The summed E-state index contributed by atoms with van der Waals surface area (Å²) in [5.41, 5.74) is 1.41. The second kappa shape index (κ2) is 9.69. The van der Waals surface area contributed by atoms with E-state index in [0.717, 1.165) is 23.3 Å². The topological polar surface area (TPSA) is 63.7 Å². The molecular weight excluding hydrogens is 390 g/mol. The molecule has 31 heavy (non-hydrogen) atoms. The number of ether oxygens (including phenoxy) is 2. The summed E-state index contributed by atoms with van der Waals surface area (Å²) in [5, 5.41) is 3.86. The summed E-state index contributed by atoms with van der Waals surface area (Å²) in [6.45, 7) is 5.60. The van der Waals surface area contributed by atoms with Crippen LogP contribution in [0.5, 0.6) is 11.5 Å². The number of fused-ring (bicyclic) bond motifs is 1. The van der Waals surface area contributed by atoms with Crippen LogP contribution in [-0.2, 0) is 4.79 Å². The molecule has 2 aromatic carbocycles. The summed E-state index contributed by atoms with van der Waals surface area (Å²) in [7, 11) is 0. The molecule has 6 heteroatoms. The first-order valence-electron chi connectivity index (χ1n) is 11.0. The van der Waals surface area contributed by atoms with Crippen molar-refractivity contribution in [3.8, 4) is 11.5 Å². The van der Waals surface area contributed by atoms with Crippen molar-refractivity contribution in [1.29, 1.82) is 0 Å². The van der Waals surface area contributed by atoms with E-state index >= 15 is 0 Å². The zero-order valence-corrected chi connectivity index (χ0v) is 18.1. The fourth-order valence-electron chi connectivity index (χ4n) is 4.01. The third-order valence-corrected chi connectivity index (χ3v) is 5.59. The fourth-order valence-corrected chi connectivity index (χ4v) is 4.01. The standard InChI is InChI=1S/C25H29N3O3/c1-3-30-21-12-5-4-11-20(21)26-24(29)17-31-22-13-8-10-19-14-15-23(27-25(19)22)28-16-7-6-9-18(28)2/h4-5,8,10-15,18H,3,6-7,9,16-17H2,1-2H3,(H,26,29). The molecule has 1 amide bonds. The Morgan fingerprint density at radius 1 is 1.06 bits per heavy atom. The van der Waals surface area contributed by atoms with Gasteiger partial charge in [0, 0.05) is 18.0 Å². The van der Waals surface area contributed by atoms with E-state index in [0.29, 0.717) is 29.8 Å². The number of aromatic nitrogens is 1. The van der Waals surface area contributed by atoms with Crippen LogP contribution in [0.4, 0.5) is 11.5 Å². The van der Waals surface area contributed by atoms with Crippen LogP contribution in [0.2, 0.25) is 0 Å². The number of pyridine rings is 1. The smallest absolute Gasteiger partial charge is 0.262 e. The number of benzene rings is 2. The van der Waals surface area contributed by atoms with Crippen LogP contribution < -0.4 is 19.7 Å². The van der Waals surface area contributed by atoms with Gasteiger partial charge in [-0.3, -0.25) is 4.79 Å². The molecule has 4 rings (SSSR count). The van der Waals surface area contributed by atoms with E-state index in [4.69, 9.17) is 14.5 Å². The van der Waals surface area contributed by atoms with Gasteiger partial charge in [-0.25, -0.2) is 4.98 Å². The van der Waals surface area contributed by atoms with Crippen LogP contribution in [0.1, 0.15) is 33.1 Å². The predicted molar refractivity (Wildman–Crippen MR) is 124 cm³/mol. The minimum Gasteiger partial charge on any atom is -0.492 e. The van der Waals surface area contributed by atoms with E-state index in [1.165, 1.54) is 19.3 Å². The Bertz CT molecular complexity index is 1050. The zero-order valence-electron chi connectivity index (χ0n) is 18.1. The number of hydrogen-bond donors (Lipinski definition) is 1. The second-order valence-electron chi connectivity index (χ2n) is 7.80. The molecule has 3 aromatic rings. The first-order chi connectivity index (χ1) is 15.2. The fraction of sp³-hybridized carbons (Fsp3) is 0.360. The van der Waals surface area contributed by atoms with Crippen molar-refractivity contribution in [3.63, 3.8) is 0 Å². The number of anilines is 2. The number of para-hydroxylation sites is 3. The lowest BCUT2D eigenvalue weighted by molar-refractivity contribution is -0.118. The normalized spacial score (nSPS) is 16.2. The Morgan fingerprint density at radius 2 is 1.90 bits per heavy atom. The molecule has 1 saturated heterocycles. The number of carbonyl (C=O) groups excluding carboxylic acids is 1. The maximum absolute atomic E-state index is 12.5. The Hall–Kier alpha value is -3.28. The summed E-state index contributed by atoms with van der Waals surface area (Å²) in [6.07, 6.45) is 3.63.